The van der Waals surface area contributed by atoms with Gasteiger partial charge < -0.3 is 19.5 Å². The van der Waals surface area contributed by atoms with E-state index < -0.39 is 17.9 Å². The Bertz CT molecular complexity index is 1030. The molecule has 2 aromatic carbocycles. The summed E-state index contributed by atoms with van der Waals surface area (Å²) in [6, 6.07) is 11.2. The Morgan fingerprint density at radius 3 is 2.77 bits per heavy atom. The molecular weight excluding hydrogens is 398 g/mol. The number of nitrogens with zero attached hydrogens (tertiary/aromatic N) is 1. The Hall–Kier alpha value is -3.99. The van der Waals surface area contributed by atoms with Crippen LogP contribution in [0.3, 0.4) is 0 Å². The van der Waals surface area contributed by atoms with Crippen LogP contribution in [-0.4, -0.2) is 37.5 Å². The minimum atomic E-state index is -0.789. The van der Waals surface area contributed by atoms with Gasteiger partial charge in [0, 0.05) is 11.1 Å². The molecule has 160 valence electrons. The van der Waals surface area contributed by atoms with Gasteiger partial charge in [-0.1, -0.05) is 31.9 Å². The highest BCUT2D eigenvalue weighted by atomic mass is 16.7. The second kappa shape index (κ2) is 10.2. The maximum atomic E-state index is 12.6. The van der Waals surface area contributed by atoms with Crippen LogP contribution in [-0.2, 0) is 4.79 Å². The van der Waals surface area contributed by atoms with Gasteiger partial charge in [-0.3, -0.25) is 9.59 Å². The quantitative estimate of drug-likeness (QED) is 0.387. The van der Waals surface area contributed by atoms with E-state index in [1.165, 1.54) is 6.21 Å². The van der Waals surface area contributed by atoms with Gasteiger partial charge >= 0.3 is 0 Å². The second-order valence-electron chi connectivity index (χ2n) is 7.03. The predicted molar refractivity (Wildman–Crippen MR) is 115 cm³/mol. The summed E-state index contributed by atoms with van der Waals surface area (Å²) in [6.07, 6.45) is 6.68. The van der Waals surface area contributed by atoms with E-state index in [4.69, 9.17) is 20.6 Å². The molecule has 0 aliphatic carbocycles. The summed E-state index contributed by atoms with van der Waals surface area (Å²) in [5.41, 5.74) is 3.49. The van der Waals surface area contributed by atoms with Gasteiger partial charge in [0.1, 0.15) is 18.4 Å². The zero-order chi connectivity index (χ0) is 22.2. The molecule has 0 spiro atoms. The van der Waals surface area contributed by atoms with Crippen LogP contribution in [0.25, 0.3) is 0 Å². The molecule has 2 amide bonds. The van der Waals surface area contributed by atoms with Crippen LogP contribution in [0.2, 0.25) is 0 Å². The van der Waals surface area contributed by atoms with Crippen molar-refractivity contribution in [3.8, 4) is 29.6 Å². The summed E-state index contributed by atoms with van der Waals surface area (Å²) in [7, 11) is 0. The number of nitrogens with one attached hydrogen (secondary N) is 2. The first kappa shape index (κ1) is 21.7. The van der Waals surface area contributed by atoms with Crippen LogP contribution in [0.15, 0.2) is 47.6 Å². The molecule has 0 saturated carbocycles. The minimum absolute atomic E-state index is 0.117. The topological polar surface area (TPSA) is 98.2 Å². The molecular formula is C23H23N3O5. The number of para-hydroxylation sites is 1. The van der Waals surface area contributed by atoms with Crippen molar-refractivity contribution >= 4 is 18.0 Å². The molecule has 8 nitrogen and oxygen atoms in total. The van der Waals surface area contributed by atoms with Gasteiger partial charge in [0.05, 0.1) is 6.21 Å². The molecule has 1 aliphatic rings. The highest BCUT2D eigenvalue weighted by Gasteiger charge is 2.25. The Kier molecular flexibility index (Phi) is 7.12. The number of fused-ring (bicyclic) bond motifs is 1. The Balaban J connectivity index is 1.64. The molecule has 0 radical (unpaired) electrons. The summed E-state index contributed by atoms with van der Waals surface area (Å²) < 4.78 is 16.0. The molecule has 0 bridgehead atoms. The summed E-state index contributed by atoms with van der Waals surface area (Å²) in [6.45, 7) is 3.90. The predicted octanol–water partition coefficient (Wildman–Crippen LogP) is 2.33. The van der Waals surface area contributed by atoms with Gasteiger partial charge in [0.25, 0.3) is 11.8 Å². The number of ether oxygens (including phenoxy) is 3. The Morgan fingerprint density at radius 1 is 1.23 bits per heavy atom. The second-order valence-corrected chi connectivity index (χ2v) is 7.03. The molecule has 1 atom stereocenters. The van der Waals surface area contributed by atoms with Gasteiger partial charge in [-0.15, -0.1) is 6.42 Å². The van der Waals surface area contributed by atoms with Crippen molar-refractivity contribution in [2.75, 3.05) is 13.4 Å². The zero-order valence-corrected chi connectivity index (χ0v) is 17.3. The van der Waals surface area contributed by atoms with Crippen LogP contribution in [0.1, 0.15) is 29.8 Å². The molecule has 0 aromatic heterocycles. The third-order valence-electron chi connectivity index (χ3n) is 4.48. The van der Waals surface area contributed by atoms with E-state index in [1.54, 1.807) is 30.3 Å². The molecule has 1 aliphatic heterocycles. The van der Waals surface area contributed by atoms with Crippen molar-refractivity contribution in [1.82, 2.24) is 10.7 Å². The smallest absolute Gasteiger partial charge is 0.262 e. The van der Waals surface area contributed by atoms with Gasteiger partial charge in [0.2, 0.25) is 6.79 Å². The first-order valence-corrected chi connectivity index (χ1v) is 9.68. The Labute approximate surface area is 180 Å². The SMILES string of the molecule is C#CCOc1ccccc1/C=N/NC(=O)C(NC(=O)c1ccc2c(c1)OCO2)C(C)C. The van der Waals surface area contributed by atoms with Crippen molar-refractivity contribution in [3.05, 3.63) is 53.6 Å². The molecule has 1 heterocycles. The van der Waals surface area contributed by atoms with E-state index in [-0.39, 0.29) is 19.3 Å². The molecule has 0 fully saturated rings. The normalized spacial score (nSPS) is 13.0. The highest BCUT2D eigenvalue weighted by Crippen LogP contribution is 2.32. The average Bonchev–Trinajstić information content (AvgIpc) is 3.24. The number of hydrazone groups is 1. The first-order chi connectivity index (χ1) is 15.0. The maximum Gasteiger partial charge on any atom is 0.262 e. The van der Waals surface area contributed by atoms with Crippen LogP contribution < -0.4 is 25.0 Å². The molecule has 2 N–H and O–H groups in total. The summed E-state index contributed by atoms with van der Waals surface area (Å²) >= 11 is 0. The van der Waals surface area contributed by atoms with Crippen LogP contribution in [0.4, 0.5) is 0 Å². The summed E-state index contributed by atoms with van der Waals surface area (Å²) in [5.74, 6) is 3.01. The number of benzene rings is 2. The third-order valence-corrected chi connectivity index (χ3v) is 4.48. The van der Waals surface area contributed by atoms with E-state index in [0.29, 0.717) is 28.4 Å². The number of rotatable bonds is 8. The maximum absolute atomic E-state index is 12.6. The molecule has 8 heteroatoms. The number of hydrogen-bond acceptors (Lipinski definition) is 6. The van der Waals surface area contributed by atoms with Gasteiger partial charge in [-0.05, 0) is 36.2 Å². The highest BCUT2D eigenvalue weighted by molar-refractivity contribution is 5.98. The lowest BCUT2D eigenvalue weighted by molar-refractivity contribution is -0.123. The van der Waals surface area contributed by atoms with Gasteiger partial charge in [-0.25, -0.2) is 5.43 Å². The van der Waals surface area contributed by atoms with Crippen LogP contribution >= 0.6 is 0 Å². The van der Waals surface area contributed by atoms with Crippen LogP contribution in [0.5, 0.6) is 17.2 Å². The molecule has 1 unspecified atom stereocenters. The summed E-state index contributed by atoms with van der Waals surface area (Å²) in [4.78, 5) is 25.3. The largest absolute Gasteiger partial charge is 0.480 e. The minimum Gasteiger partial charge on any atom is -0.480 e. The fourth-order valence-electron chi connectivity index (χ4n) is 2.87. The number of amides is 2. The molecule has 2 aromatic rings. The van der Waals surface area contributed by atoms with Crippen molar-refractivity contribution in [3.63, 3.8) is 0 Å². The lowest BCUT2D eigenvalue weighted by Crippen LogP contribution is -2.48. The van der Waals surface area contributed by atoms with Crippen LogP contribution in [0, 0.1) is 18.3 Å². The van der Waals surface area contributed by atoms with E-state index >= 15 is 0 Å². The summed E-state index contributed by atoms with van der Waals surface area (Å²) in [5, 5.41) is 6.74. The number of carbonyl (C=O) groups is 2. The number of carbonyl (C=O) groups excluding carboxylic acids is 2. The fraction of sp³-hybridized carbons (Fsp3) is 0.261. The average molecular weight is 421 g/mol. The van der Waals surface area contributed by atoms with Crippen molar-refractivity contribution in [1.29, 1.82) is 0 Å². The van der Waals surface area contributed by atoms with Crippen molar-refractivity contribution in [2.45, 2.75) is 19.9 Å². The van der Waals surface area contributed by atoms with E-state index in [0.717, 1.165) is 0 Å². The number of hydrogen-bond donors (Lipinski definition) is 2. The molecule has 0 saturated heterocycles. The fourth-order valence-corrected chi connectivity index (χ4v) is 2.87. The molecule has 3 rings (SSSR count). The lowest BCUT2D eigenvalue weighted by atomic mass is 10.0. The number of terminal acetylenes is 1. The molecule has 31 heavy (non-hydrogen) atoms. The standard InChI is InChI=1S/C23H23N3O5/c1-4-11-29-18-8-6-5-7-17(18)13-24-26-23(28)21(15(2)3)25-22(27)16-9-10-19-20(12-16)31-14-30-19/h1,5-10,12-13,15,21H,11,14H2,2-3H3,(H,25,27)(H,26,28)/b24-13+. The third kappa shape index (κ3) is 5.54. The van der Waals surface area contributed by atoms with Gasteiger partial charge in [0.15, 0.2) is 11.5 Å². The monoisotopic (exact) mass is 421 g/mol. The van der Waals surface area contributed by atoms with E-state index in [2.05, 4.69) is 21.8 Å². The zero-order valence-electron chi connectivity index (χ0n) is 17.3. The first-order valence-electron chi connectivity index (χ1n) is 9.68. The van der Waals surface area contributed by atoms with Crippen molar-refractivity contribution in [2.24, 2.45) is 11.0 Å². The lowest BCUT2D eigenvalue weighted by Gasteiger charge is -2.20. The van der Waals surface area contributed by atoms with Gasteiger partial charge in [-0.2, -0.15) is 5.10 Å². The van der Waals surface area contributed by atoms with Crippen molar-refractivity contribution < 1.29 is 23.8 Å². The van der Waals surface area contributed by atoms with E-state index in [1.807, 2.05) is 26.0 Å². The van der Waals surface area contributed by atoms with E-state index in [9.17, 15) is 9.59 Å². The Morgan fingerprint density at radius 2 is 2.00 bits per heavy atom.